The molecule has 3 nitrogen and oxygen atoms in total. The molecule has 0 bridgehead atoms. The van der Waals surface area contributed by atoms with Crippen LogP contribution in [0.1, 0.15) is 59.6 Å². The van der Waals surface area contributed by atoms with Gasteiger partial charge < -0.3 is 11.1 Å². The molecule has 2 saturated carbocycles. The smallest absolute Gasteiger partial charge is 0.251 e. The third-order valence-corrected chi connectivity index (χ3v) is 5.81. The number of benzene rings is 1. The van der Waals surface area contributed by atoms with Crippen molar-refractivity contribution in [2.45, 2.75) is 44.6 Å². The van der Waals surface area contributed by atoms with E-state index in [1.165, 1.54) is 31.2 Å². The van der Waals surface area contributed by atoms with Crippen molar-refractivity contribution in [1.82, 2.24) is 5.32 Å². The Bertz CT molecular complexity index is 556. The summed E-state index contributed by atoms with van der Waals surface area (Å²) in [6.45, 7) is 0.779. The highest BCUT2D eigenvalue weighted by molar-refractivity contribution is 5.96. The van der Waals surface area contributed by atoms with E-state index < -0.39 is 0 Å². The SMILES string of the molecule is NC(c1ccc2c(c1)C(=O)NCCC2)C1C2CCCCC21. The molecular weight excluding hydrogens is 260 g/mol. The molecule has 0 spiro atoms. The van der Waals surface area contributed by atoms with E-state index in [4.69, 9.17) is 5.73 Å². The monoisotopic (exact) mass is 284 g/mol. The van der Waals surface area contributed by atoms with Crippen LogP contribution < -0.4 is 11.1 Å². The Hall–Kier alpha value is -1.35. The molecule has 3 heteroatoms. The Kier molecular flexibility index (Phi) is 3.26. The number of aryl methyl sites for hydroxylation is 1. The van der Waals surface area contributed by atoms with Gasteiger partial charge in [-0.15, -0.1) is 0 Å². The summed E-state index contributed by atoms with van der Waals surface area (Å²) in [7, 11) is 0. The van der Waals surface area contributed by atoms with E-state index in [0.717, 1.165) is 42.3 Å². The minimum Gasteiger partial charge on any atom is -0.352 e. The molecule has 4 rings (SSSR count). The number of carbonyl (C=O) groups excluding carboxylic acids is 1. The molecule has 3 unspecified atom stereocenters. The summed E-state index contributed by atoms with van der Waals surface area (Å²) in [6.07, 6.45) is 7.46. The lowest BCUT2D eigenvalue weighted by molar-refractivity contribution is 0.0956. The maximum atomic E-state index is 12.2. The number of hydrogen-bond donors (Lipinski definition) is 2. The van der Waals surface area contributed by atoms with E-state index in [0.29, 0.717) is 5.92 Å². The lowest BCUT2D eigenvalue weighted by atomic mass is 9.94. The maximum Gasteiger partial charge on any atom is 0.251 e. The fourth-order valence-corrected chi connectivity index (χ4v) is 4.61. The third kappa shape index (κ3) is 2.28. The molecule has 2 aliphatic carbocycles. The lowest BCUT2D eigenvalue weighted by Gasteiger charge is -2.15. The van der Waals surface area contributed by atoms with Crippen LogP contribution in [0.3, 0.4) is 0 Å². The molecule has 0 aromatic heterocycles. The molecule has 3 atom stereocenters. The molecule has 1 aromatic rings. The summed E-state index contributed by atoms with van der Waals surface area (Å²) >= 11 is 0. The Balaban J connectivity index is 1.59. The number of nitrogens with two attached hydrogens (primary N) is 1. The van der Waals surface area contributed by atoms with Gasteiger partial charge in [0.1, 0.15) is 0 Å². The van der Waals surface area contributed by atoms with E-state index in [2.05, 4.69) is 23.5 Å². The number of rotatable bonds is 2. The summed E-state index contributed by atoms with van der Waals surface area (Å²) in [4.78, 5) is 12.2. The minimum atomic E-state index is 0.0739. The molecule has 2 fully saturated rings. The second-order valence-electron chi connectivity index (χ2n) is 6.99. The fraction of sp³-hybridized carbons (Fsp3) is 0.611. The zero-order chi connectivity index (χ0) is 14.4. The first-order valence-electron chi connectivity index (χ1n) is 8.42. The number of fused-ring (bicyclic) bond motifs is 2. The first kappa shape index (κ1) is 13.3. The molecule has 1 heterocycles. The van der Waals surface area contributed by atoms with Gasteiger partial charge in [0.25, 0.3) is 5.91 Å². The molecule has 3 N–H and O–H groups in total. The first-order valence-corrected chi connectivity index (χ1v) is 8.42. The Morgan fingerprint density at radius 2 is 1.90 bits per heavy atom. The van der Waals surface area contributed by atoms with Crippen molar-refractivity contribution in [3.8, 4) is 0 Å². The zero-order valence-electron chi connectivity index (χ0n) is 12.5. The normalized spacial score (nSPS) is 32.4. The Morgan fingerprint density at radius 1 is 1.14 bits per heavy atom. The molecule has 1 amide bonds. The highest BCUT2D eigenvalue weighted by Gasteiger charge is 2.53. The van der Waals surface area contributed by atoms with Crippen molar-refractivity contribution < 1.29 is 4.79 Å². The Labute approximate surface area is 126 Å². The van der Waals surface area contributed by atoms with Crippen LogP contribution >= 0.6 is 0 Å². The fourth-order valence-electron chi connectivity index (χ4n) is 4.61. The van der Waals surface area contributed by atoms with Crippen LogP contribution in [0.5, 0.6) is 0 Å². The van der Waals surface area contributed by atoms with E-state index in [1.807, 2.05) is 0 Å². The molecule has 21 heavy (non-hydrogen) atoms. The van der Waals surface area contributed by atoms with E-state index in [1.54, 1.807) is 0 Å². The Morgan fingerprint density at radius 3 is 2.67 bits per heavy atom. The predicted octanol–water partition coefficient (Wildman–Crippen LogP) is 2.80. The standard InChI is InChI=1S/C18H24N2O/c19-17(16-13-5-1-2-6-14(13)16)12-8-7-11-4-3-9-20-18(21)15(11)10-12/h7-8,10,13-14,16-17H,1-6,9,19H2,(H,20,21). The van der Waals surface area contributed by atoms with Gasteiger partial charge in [-0.2, -0.15) is 0 Å². The molecule has 3 aliphatic rings. The van der Waals surface area contributed by atoms with Crippen molar-refractivity contribution in [3.63, 3.8) is 0 Å². The van der Waals surface area contributed by atoms with Crippen LogP contribution in [0, 0.1) is 17.8 Å². The van der Waals surface area contributed by atoms with Crippen LogP contribution in [0.4, 0.5) is 0 Å². The van der Waals surface area contributed by atoms with Crippen molar-refractivity contribution in [2.75, 3.05) is 6.54 Å². The number of hydrogen-bond acceptors (Lipinski definition) is 2. The minimum absolute atomic E-state index is 0.0739. The third-order valence-electron chi connectivity index (χ3n) is 5.81. The van der Waals surface area contributed by atoms with Gasteiger partial charge in [-0.05, 0) is 60.6 Å². The largest absolute Gasteiger partial charge is 0.352 e. The van der Waals surface area contributed by atoms with Crippen LogP contribution in [0.25, 0.3) is 0 Å². The van der Waals surface area contributed by atoms with Crippen LogP contribution in [-0.4, -0.2) is 12.5 Å². The molecule has 0 saturated heterocycles. The highest BCUT2D eigenvalue weighted by atomic mass is 16.1. The molecule has 1 aliphatic heterocycles. The second-order valence-corrected chi connectivity index (χ2v) is 6.99. The van der Waals surface area contributed by atoms with Crippen LogP contribution in [0.15, 0.2) is 18.2 Å². The van der Waals surface area contributed by atoms with Gasteiger partial charge in [-0.3, -0.25) is 4.79 Å². The van der Waals surface area contributed by atoms with Crippen LogP contribution in [0.2, 0.25) is 0 Å². The van der Waals surface area contributed by atoms with Gasteiger partial charge in [-0.25, -0.2) is 0 Å². The summed E-state index contributed by atoms with van der Waals surface area (Å²) in [6, 6.07) is 6.46. The van der Waals surface area contributed by atoms with Gasteiger partial charge in [-0.1, -0.05) is 25.0 Å². The topological polar surface area (TPSA) is 55.1 Å². The average molecular weight is 284 g/mol. The first-order chi connectivity index (χ1) is 10.3. The molecule has 1 aromatic carbocycles. The summed E-state index contributed by atoms with van der Waals surface area (Å²) in [5.74, 6) is 2.42. The van der Waals surface area contributed by atoms with Gasteiger partial charge in [0.05, 0.1) is 0 Å². The predicted molar refractivity (Wildman–Crippen MR) is 83.0 cm³/mol. The van der Waals surface area contributed by atoms with Gasteiger partial charge >= 0.3 is 0 Å². The quantitative estimate of drug-likeness (QED) is 0.877. The molecular formula is C18H24N2O. The second kappa shape index (κ2) is 5.13. The van der Waals surface area contributed by atoms with Crippen molar-refractivity contribution >= 4 is 5.91 Å². The lowest BCUT2D eigenvalue weighted by Crippen LogP contribution is -2.23. The maximum absolute atomic E-state index is 12.2. The molecule has 0 radical (unpaired) electrons. The molecule has 112 valence electrons. The summed E-state index contributed by atoms with van der Waals surface area (Å²) in [5.41, 5.74) is 9.73. The highest BCUT2D eigenvalue weighted by Crippen LogP contribution is 2.59. The number of amides is 1. The number of nitrogens with one attached hydrogen (secondary N) is 1. The van der Waals surface area contributed by atoms with Crippen LogP contribution in [-0.2, 0) is 6.42 Å². The van der Waals surface area contributed by atoms with E-state index in [9.17, 15) is 4.79 Å². The van der Waals surface area contributed by atoms with Crippen molar-refractivity contribution in [1.29, 1.82) is 0 Å². The summed E-state index contributed by atoms with van der Waals surface area (Å²) < 4.78 is 0. The zero-order valence-corrected chi connectivity index (χ0v) is 12.5. The van der Waals surface area contributed by atoms with E-state index >= 15 is 0 Å². The average Bonchev–Trinajstić information content (AvgIpc) is 3.27. The van der Waals surface area contributed by atoms with Gasteiger partial charge in [0.15, 0.2) is 0 Å². The van der Waals surface area contributed by atoms with Crippen molar-refractivity contribution in [3.05, 3.63) is 34.9 Å². The van der Waals surface area contributed by atoms with Gasteiger partial charge in [0.2, 0.25) is 0 Å². The van der Waals surface area contributed by atoms with E-state index in [-0.39, 0.29) is 11.9 Å². The summed E-state index contributed by atoms with van der Waals surface area (Å²) in [5, 5.41) is 2.98. The van der Waals surface area contributed by atoms with Crippen molar-refractivity contribution in [2.24, 2.45) is 23.5 Å². The number of carbonyl (C=O) groups is 1. The van der Waals surface area contributed by atoms with Gasteiger partial charge in [0, 0.05) is 18.2 Å².